The summed E-state index contributed by atoms with van der Waals surface area (Å²) < 4.78 is 2.00. The van der Waals surface area contributed by atoms with Crippen LogP contribution in [0.3, 0.4) is 0 Å². The second-order valence-electron chi connectivity index (χ2n) is 13.3. The van der Waals surface area contributed by atoms with E-state index in [1.165, 1.54) is 0 Å². The number of rotatable bonds is 8. The highest BCUT2D eigenvalue weighted by atomic mass is 35.5. The van der Waals surface area contributed by atoms with Gasteiger partial charge in [0.2, 0.25) is 0 Å². The van der Waals surface area contributed by atoms with E-state index in [4.69, 9.17) is 61.4 Å². The highest BCUT2D eigenvalue weighted by Crippen LogP contribution is 2.47. The molecular formula is C48H30Cl4N4. The Bertz CT molecular complexity index is 2730. The second kappa shape index (κ2) is 15.1. The van der Waals surface area contributed by atoms with Crippen molar-refractivity contribution >= 4 is 57.8 Å². The Hall–Kier alpha value is -5.75. The van der Waals surface area contributed by atoms with Crippen LogP contribution >= 0.6 is 46.4 Å². The van der Waals surface area contributed by atoms with Gasteiger partial charge in [-0.2, -0.15) is 0 Å². The number of halogens is 4. The largest absolute Gasteiger partial charge is 0.283 e. The van der Waals surface area contributed by atoms with Crippen LogP contribution in [0.1, 0.15) is 16.7 Å². The van der Waals surface area contributed by atoms with Gasteiger partial charge in [0.15, 0.2) is 0 Å². The van der Waals surface area contributed by atoms with Crippen LogP contribution in [0.5, 0.6) is 0 Å². The predicted molar refractivity (Wildman–Crippen MR) is 233 cm³/mol. The van der Waals surface area contributed by atoms with Crippen molar-refractivity contribution in [1.82, 2.24) is 9.55 Å². The zero-order valence-electron chi connectivity index (χ0n) is 29.6. The molecule has 1 aliphatic rings. The monoisotopic (exact) mass is 802 g/mol. The van der Waals surface area contributed by atoms with Crippen LogP contribution in [0.4, 0.5) is 0 Å². The Kier molecular flexibility index (Phi) is 9.66. The standard InChI is InChI=1S/C48H30Cl4N4/c49-35-21-23-37(43(51)27-35)40-29-38(31-13-5-1-6-14-31)39(32-15-7-2-8-16-32)30-41(40)47-53-25-26-56(47)48(42-24-22-36(50)28-44(42)52)54-45(33-17-9-3-10-18-33)46(55-48)34-19-11-4-12-20-34/h1-30H. The van der Waals surface area contributed by atoms with Gasteiger partial charge in [0, 0.05) is 55.3 Å². The fourth-order valence-electron chi connectivity index (χ4n) is 7.34. The molecule has 1 aliphatic heterocycles. The zero-order chi connectivity index (χ0) is 38.2. The molecule has 4 nitrogen and oxygen atoms in total. The summed E-state index contributed by atoms with van der Waals surface area (Å²) in [6.45, 7) is 0. The fourth-order valence-corrected chi connectivity index (χ4v) is 8.39. The van der Waals surface area contributed by atoms with Crippen LogP contribution in [0.15, 0.2) is 192 Å². The smallest absolute Gasteiger partial charge is 0.262 e. The summed E-state index contributed by atoms with van der Waals surface area (Å²) in [5.41, 5.74) is 10.5. The summed E-state index contributed by atoms with van der Waals surface area (Å²) in [5, 5.41) is 1.96. The third-order valence-electron chi connectivity index (χ3n) is 9.91. The zero-order valence-corrected chi connectivity index (χ0v) is 32.6. The first kappa shape index (κ1) is 35.9. The van der Waals surface area contributed by atoms with Gasteiger partial charge >= 0.3 is 0 Å². The van der Waals surface area contributed by atoms with Crippen molar-refractivity contribution < 1.29 is 0 Å². The van der Waals surface area contributed by atoms with Gasteiger partial charge in [-0.25, -0.2) is 15.0 Å². The molecule has 0 bridgehead atoms. The number of benzene rings is 7. The van der Waals surface area contributed by atoms with Crippen molar-refractivity contribution in [2.45, 2.75) is 5.79 Å². The van der Waals surface area contributed by atoms with Crippen molar-refractivity contribution in [3.8, 4) is 44.8 Å². The lowest BCUT2D eigenvalue weighted by atomic mass is 9.87. The van der Waals surface area contributed by atoms with Gasteiger partial charge in [-0.3, -0.25) is 4.57 Å². The number of hydrogen-bond acceptors (Lipinski definition) is 3. The summed E-state index contributed by atoms with van der Waals surface area (Å²) in [4.78, 5) is 16.3. The Balaban J connectivity index is 1.39. The van der Waals surface area contributed by atoms with Crippen LogP contribution in [0.2, 0.25) is 20.1 Å². The number of aromatic nitrogens is 2. The highest BCUT2D eigenvalue weighted by molar-refractivity contribution is 6.54. The normalized spacial score (nSPS) is 13.4. The van der Waals surface area contributed by atoms with Gasteiger partial charge in [0.05, 0.1) is 16.4 Å². The minimum absolute atomic E-state index is 0.414. The molecule has 270 valence electrons. The van der Waals surface area contributed by atoms with Crippen LogP contribution < -0.4 is 0 Å². The molecule has 0 aliphatic carbocycles. The molecular weight excluding hydrogens is 774 g/mol. The van der Waals surface area contributed by atoms with E-state index in [-0.39, 0.29) is 0 Å². The average molecular weight is 805 g/mol. The van der Waals surface area contributed by atoms with Crippen LogP contribution in [0, 0.1) is 0 Å². The quantitative estimate of drug-likeness (QED) is 0.151. The summed E-state index contributed by atoms with van der Waals surface area (Å²) in [6.07, 6.45) is 3.68. The summed E-state index contributed by atoms with van der Waals surface area (Å²) in [7, 11) is 0. The number of nitrogens with zero attached hydrogens (tertiary/aromatic N) is 4. The van der Waals surface area contributed by atoms with Gasteiger partial charge in [0.25, 0.3) is 5.79 Å². The molecule has 0 unspecified atom stereocenters. The maximum absolute atomic E-state index is 7.17. The van der Waals surface area contributed by atoms with Gasteiger partial charge < -0.3 is 0 Å². The molecule has 0 amide bonds. The lowest BCUT2D eigenvalue weighted by Gasteiger charge is -2.29. The molecule has 0 saturated carbocycles. The van der Waals surface area contributed by atoms with E-state index >= 15 is 0 Å². The van der Waals surface area contributed by atoms with E-state index in [1.807, 2.05) is 132 Å². The third kappa shape index (κ3) is 6.55. The van der Waals surface area contributed by atoms with E-state index in [1.54, 1.807) is 18.3 Å². The molecule has 9 rings (SSSR count). The minimum atomic E-state index is -1.43. The Morgan fingerprint density at radius 3 is 1.38 bits per heavy atom. The van der Waals surface area contributed by atoms with Crippen molar-refractivity contribution in [3.63, 3.8) is 0 Å². The van der Waals surface area contributed by atoms with E-state index in [2.05, 4.69) is 36.4 Å². The maximum Gasteiger partial charge on any atom is 0.262 e. The lowest BCUT2D eigenvalue weighted by Crippen LogP contribution is -2.30. The van der Waals surface area contributed by atoms with Crippen LogP contribution in [-0.2, 0) is 5.79 Å². The average Bonchev–Trinajstić information content (AvgIpc) is 3.89. The Morgan fingerprint density at radius 1 is 0.411 bits per heavy atom. The molecule has 8 heteroatoms. The van der Waals surface area contributed by atoms with E-state index < -0.39 is 5.79 Å². The van der Waals surface area contributed by atoms with Gasteiger partial charge in [-0.15, -0.1) is 0 Å². The highest BCUT2D eigenvalue weighted by Gasteiger charge is 2.44. The molecule has 0 spiro atoms. The molecule has 56 heavy (non-hydrogen) atoms. The van der Waals surface area contributed by atoms with Crippen molar-refractivity contribution in [3.05, 3.63) is 219 Å². The number of imidazole rings is 1. The van der Waals surface area contributed by atoms with Gasteiger partial charge in [-0.05, 0) is 70.3 Å². The summed E-state index contributed by atoms with van der Waals surface area (Å²) in [5.74, 6) is -0.835. The fraction of sp³-hybridized carbons (Fsp3) is 0.0208. The predicted octanol–water partition coefficient (Wildman–Crippen LogP) is 13.8. The molecule has 0 radical (unpaired) electrons. The van der Waals surface area contributed by atoms with Crippen molar-refractivity contribution in [1.29, 1.82) is 0 Å². The molecule has 0 atom stereocenters. The molecule has 2 heterocycles. The number of hydrogen-bond donors (Lipinski definition) is 0. The van der Waals surface area contributed by atoms with Crippen LogP contribution in [-0.4, -0.2) is 21.0 Å². The second-order valence-corrected chi connectivity index (χ2v) is 15.0. The first-order valence-electron chi connectivity index (χ1n) is 17.9. The first-order valence-corrected chi connectivity index (χ1v) is 19.5. The topological polar surface area (TPSA) is 42.5 Å². The minimum Gasteiger partial charge on any atom is -0.283 e. The molecule has 8 aromatic rings. The van der Waals surface area contributed by atoms with E-state index in [9.17, 15) is 0 Å². The molecule has 0 fully saturated rings. The van der Waals surface area contributed by atoms with Crippen molar-refractivity contribution in [2.75, 3.05) is 0 Å². The molecule has 0 saturated heterocycles. The Labute approximate surface area is 345 Å². The van der Waals surface area contributed by atoms with E-state index in [0.29, 0.717) is 42.9 Å². The lowest BCUT2D eigenvalue weighted by molar-refractivity contribution is 0.405. The molecule has 0 N–H and O–H groups in total. The van der Waals surface area contributed by atoms with Gasteiger partial charge in [-0.1, -0.05) is 174 Å². The number of aliphatic imine (C=N–C) groups is 2. The Morgan fingerprint density at radius 2 is 0.875 bits per heavy atom. The third-order valence-corrected chi connectivity index (χ3v) is 11.0. The van der Waals surface area contributed by atoms with Crippen molar-refractivity contribution in [2.24, 2.45) is 9.98 Å². The van der Waals surface area contributed by atoms with Crippen LogP contribution in [0.25, 0.3) is 44.8 Å². The maximum atomic E-state index is 7.17. The summed E-state index contributed by atoms with van der Waals surface area (Å²) in [6, 6.07) is 56.2. The molecule has 1 aromatic heterocycles. The van der Waals surface area contributed by atoms with Gasteiger partial charge in [0.1, 0.15) is 5.82 Å². The van der Waals surface area contributed by atoms with E-state index in [0.717, 1.165) is 50.1 Å². The summed E-state index contributed by atoms with van der Waals surface area (Å²) >= 11 is 27.2. The molecule has 7 aromatic carbocycles. The first-order chi connectivity index (χ1) is 27.4. The SMILES string of the molecule is Clc1ccc(-c2cc(-c3ccccc3)c(-c3ccccc3)cc2-c2nccn2C2(c3ccc(Cl)cc3Cl)N=C(c3ccccc3)C(c3ccccc3)=N2)c(Cl)c1.